The average molecular weight is 343 g/mol. The zero-order chi connectivity index (χ0) is 16.9. The summed E-state index contributed by atoms with van der Waals surface area (Å²) in [7, 11) is 0. The van der Waals surface area contributed by atoms with E-state index in [4.69, 9.17) is 26.8 Å². The Balaban J connectivity index is 1.83. The van der Waals surface area contributed by atoms with E-state index in [0.29, 0.717) is 11.4 Å². The molecule has 1 aliphatic rings. The number of benzene rings is 1. The molecular weight excluding hydrogens is 327 g/mol. The SMILES string of the molecule is NC(=O)/C=C\NC1CCC(F)(COC(=O)c2cccc(Cl)c2)O1. The van der Waals surface area contributed by atoms with Gasteiger partial charge in [0.25, 0.3) is 0 Å². The van der Waals surface area contributed by atoms with Crippen molar-refractivity contribution in [1.29, 1.82) is 0 Å². The second-order valence-corrected chi connectivity index (χ2v) is 5.45. The van der Waals surface area contributed by atoms with Crippen LogP contribution in [-0.4, -0.2) is 30.6 Å². The van der Waals surface area contributed by atoms with Gasteiger partial charge in [-0.15, -0.1) is 0 Å². The molecule has 2 atom stereocenters. The molecule has 1 heterocycles. The van der Waals surface area contributed by atoms with Crippen LogP contribution in [0.5, 0.6) is 0 Å². The molecule has 3 N–H and O–H groups in total. The molecule has 1 fully saturated rings. The van der Waals surface area contributed by atoms with Gasteiger partial charge in [-0.05, 0) is 24.6 Å². The Hall–Kier alpha value is -2.12. The first-order valence-electron chi connectivity index (χ1n) is 6.89. The Bertz CT molecular complexity index is 625. The summed E-state index contributed by atoms with van der Waals surface area (Å²) in [5.41, 5.74) is 5.16. The van der Waals surface area contributed by atoms with Crippen molar-refractivity contribution in [2.45, 2.75) is 24.9 Å². The molecule has 0 aromatic heterocycles. The van der Waals surface area contributed by atoms with Crippen molar-refractivity contribution in [2.75, 3.05) is 6.61 Å². The van der Waals surface area contributed by atoms with Gasteiger partial charge < -0.3 is 20.5 Å². The number of halogens is 2. The fourth-order valence-corrected chi connectivity index (χ4v) is 2.24. The third-order valence-electron chi connectivity index (χ3n) is 3.14. The molecule has 0 aliphatic carbocycles. The number of esters is 1. The van der Waals surface area contributed by atoms with E-state index >= 15 is 0 Å². The second-order valence-electron chi connectivity index (χ2n) is 5.02. The van der Waals surface area contributed by atoms with Crippen LogP contribution in [0.1, 0.15) is 23.2 Å². The van der Waals surface area contributed by atoms with Crippen LogP contribution in [0.15, 0.2) is 36.5 Å². The normalized spacial score (nSPS) is 23.8. The molecule has 1 saturated heterocycles. The average Bonchev–Trinajstić information content (AvgIpc) is 2.86. The van der Waals surface area contributed by atoms with Crippen molar-refractivity contribution in [3.63, 3.8) is 0 Å². The monoisotopic (exact) mass is 342 g/mol. The predicted molar refractivity (Wildman–Crippen MR) is 81.2 cm³/mol. The summed E-state index contributed by atoms with van der Waals surface area (Å²) in [5, 5.41) is 3.08. The standard InChI is InChI=1S/C15H16ClFN2O4/c16-11-3-1-2-10(8-11)14(21)22-9-15(17)6-4-13(23-15)19-7-5-12(18)20/h1-3,5,7-8,13,19H,4,6,9H2,(H2,18,20)/b7-5-. The zero-order valence-corrected chi connectivity index (χ0v) is 12.9. The topological polar surface area (TPSA) is 90.7 Å². The van der Waals surface area contributed by atoms with Crippen LogP contribution in [0, 0.1) is 0 Å². The molecule has 1 amide bonds. The van der Waals surface area contributed by atoms with Crippen LogP contribution in [-0.2, 0) is 14.3 Å². The zero-order valence-electron chi connectivity index (χ0n) is 12.1. The second kappa shape index (κ2) is 7.43. The van der Waals surface area contributed by atoms with E-state index in [2.05, 4.69) is 5.32 Å². The number of carbonyl (C=O) groups excluding carboxylic acids is 2. The van der Waals surface area contributed by atoms with Gasteiger partial charge in [-0.25, -0.2) is 9.18 Å². The Morgan fingerprint density at radius 2 is 2.35 bits per heavy atom. The fraction of sp³-hybridized carbons (Fsp3) is 0.333. The van der Waals surface area contributed by atoms with Crippen molar-refractivity contribution in [1.82, 2.24) is 5.32 Å². The molecule has 23 heavy (non-hydrogen) atoms. The number of primary amides is 1. The number of nitrogens with two attached hydrogens (primary N) is 1. The van der Waals surface area contributed by atoms with Gasteiger partial charge in [0, 0.05) is 23.7 Å². The van der Waals surface area contributed by atoms with Gasteiger partial charge >= 0.3 is 5.97 Å². The molecule has 124 valence electrons. The van der Waals surface area contributed by atoms with E-state index in [1.165, 1.54) is 18.3 Å². The summed E-state index contributed by atoms with van der Waals surface area (Å²) in [4.78, 5) is 22.4. The summed E-state index contributed by atoms with van der Waals surface area (Å²) < 4.78 is 24.5. The number of hydrogen-bond donors (Lipinski definition) is 2. The minimum Gasteiger partial charge on any atom is -0.456 e. The molecule has 0 radical (unpaired) electrons. The van der Waals surface area contributed by atoms with Crippen LogP contribution < -0.4 is 11.1 Å². The number of alkyl halides is 1. The molecule has 8 heteroatoms. The van der Waals surface area contributed by atoms with Crippen LogP contribution in [0.3, 0.4) is 0 Å². The maximum atomic E-state index is 14.4. The van der Waals surface area contributed by atoms with Gasteiger partial charge in [-0.3, -0.25) is 4.79 Å². The third kappa shape index (κ3) is 5.22. The lowest BCUT2D eigenvalue weighted by atomic mass is 10.2. The van der Waals surface area contributed by atoms with Crippen molar-refractivity contribution < 1.29 is 23.5 Å². The van der Waals surface area contributed by atoms with E-state index in [1.54, 1.807) is 12.1 Å². The lowest BCUT2D eigenvalue weighted by Gasteiger charge is -2.20. The minimum absolute atomic E-state index is 0.0535. The molecule has 0 spiro atoms. The van der Waals surface area contributed by atoms with Crippen molar-refractivity contribution in [3.05, 3.63) is 47.1 Å². The van der Waals surface area contributed by atoms with Crippen molar-refractivity contribution in [3.8, 4) is 0 Å². The van der Waals surface area contributed by atoms with Gasteiger partial charge in [-0.1, -0.05) is 17.7 Å². The number of ether oxygens (including phenoxy) is 2. The maximum absolute atomic E-state index is 14.4. The highest BCUT2D eigenvalue weighted by Crippen LogP contribution is 2.31. The minimum atomic E-state index is -2.08. The first kappa shape index (κ1) is 17.2. The summed E-state index contributed by atoms with van der Waals surface area (Å²) in [6.45, 7) is -0.532. The summed E-state index contributed by atoms with van der Waals surface area (Å²) in [6.07, 6.45) is 2.17. The van der Waals surface area contributed by atoms with Gasteiger partial charge in [-0.2, -0.15) is 0 Å². The highest BCUT2D eigenvalue weighted by molar-refractivity contribution is 6.30. The Morgan fingerprint density at radius 3 is 3.04 bits per heavy atom. The Labute approximate surface area is 137 Å². The van der Waals surface area contributed by atoms with E-state index in [1.807, 2.05) is 0 Å². The number of carbonyl (C=O) groups is 2. The Morgan fingerprint density at radius 1 is 1.57 bits per heavy atom. The fourth-order valence-electron chi connectivity index (χ4n) is 2.05. The smallest absolute Gasteiger partial charge is 0.338 e. The molecule has 1 aromatic carbocycles. The molecule has 1 aromatic rings. The first-order valence-corrected chi connectivity index (χ1v) is 7.27. The number of nitrogens with one attached hydrogen (secondary N) is 1. The van der Waals surface area contributed by atoms with Crippen LogP contribution in [0.25, 0.3) is 0 Å². The van der Waals surface area contributed by atoms with Gasteiger partial charge in [0.05, 0.1) is 5.56 Å². The summed E-state index contributed by atoms with van der Waals surface area (Å²) >= 11 is 5.78. The van der Waals surface area contributed by atoms with Crippen molar-refractivity contribution >= 4 is 23.5 Å². The van der Waals surface area contributed by atoms with Gasteiger partial charge in [0.2, 0.25) is 11.8 Å². The molecule has 2 rings (SSSR count). The third-order valence-corrected chi connectivity index (χ3v) is 3.38. The first-order chi connectivity index (χ1) is 10.9. The van der Waals surface area contributed by atoms with Crippen LogP contribution >= 0.6 is 11.6 Å². The number of rotatable bonds is 6. The summed E-state index contributed by atoms with van der Waals surface area (Å²) in [5.74, 6) is -3.39. The number of amides is 1. The highest BCUT2D eigenvalue weighted by Gasteiger charge is 2.41. The lowest BCUT2D eigenvalue weighted by molar-refractivity contribution is -0.164. The van der Waals surface area contributed by atoms with Crippen molar-refractivity contribution in [2.24, 2.45) is 5.73 Å². The van der Waals surface area contributed by atoms with E-state index in [-0.39, 0.29) is 12.0 Å². The number of hydrogen-bond acceptors (Lipinski definition) is 5. The molecule has 6 nitrogen and oxygen atoms in total. The van der Waals surface area contributed by atoms with E-state index < -0.39 is 30.6 Å². The molecule has 2 unspecified atom stereocenters. The molecule has 0 saturated carbocycles. The molecule has 0 bridgehead atoms. The largest absolute Gasteiger partial charge is 0.456 e. The molecular formula is C15H16ClFN2O4. The van der Waals surface area contributed by atoms with E-state index in [9.17, 15) is 14.0 Å². The van der Waals surface area contributed by atoms with Gasteiger partial charge in [0.15, 0.2) is 6.61 Å². The quantitative estimate of drug-likeness (QED) is 0.608. The van der Waals surface area contributed by atoms with Crippen LogP contribution in [0.2, 0.25) is 5.02 Å². The predicted octanol–water partition coefficient (Wildman–Crippen LogP) is 1.89. The van der Waals surface area contributed by atoms with Gasteiger partial charge in [0.1, 0.15) is 6.23 Å². The van der Waals surface area contributed by atoms with E-state index in [0.717, 1.165) is 6.08 Å². The summed E-state index contributed by atoms with van der Waals surface area (Å²) in [6, 6.07) is 6.17. The molecule has 1 aliphatic heterocycles. The Kier molecular flexibility index (Phi) is 5.57. The lowest BCUT2D eigenvalue weighted by Crippen LogP contribution is -2.34. The van der Waals surface area contributed by atoms with Crippen LogP contribution in [0.4, 0.5) is 4.39 Å². The maximum Gasteiger partial charge on any atom is 0.338 e. The highest BCUT2D eigenvalue weighted by atomic mass is 35.5.